The highest BCUT2D eigenvalue weighted by atomic mass is 32.1. The first-order chi connectivity index (χ1) is 9.85. The predicted octanol–water partition coefficient (Wildman–Crippen LogP) is 1.82. The smallest absolute Gasteiger partial charge is 0.177 e. The normalized spacial score (nSPS) is 20.4. The Bertz CT molecular complexity index is 524. The van der Waals surface area contributed by atoms with Gasteiger partial charge in [-0.15, -0.1) is 11.3 Å². The van der Waals surface area contributed by atoms with E-state index in [9.17, 15) is 0 Å². The van der Waals surface area contributed by atoms with Crippen molar-refractivity contribution in [3.63, 3.8) is 0 Å². The maximum Gasteiger partial charge on any atom is 0.177 e. The summed E-state index contributed by atoms with van der Waals surface area (Å²) in [6.45, 7) is 4.36. The molecule has 0 bridgehead atoms. The number of morpholine rings is 1. The molecule has 0 saturated carbocycles. The van der Waals surface area contributed by atoms with E-state index in [4.69, 9.17) is 9.26 Å². The average Bonchev–Trinajstić information content (AvgIpc) is 3.10. The van der Waals surface area contributed by atoms with Crippen molar-refractivity contribution >= 4 is 11.3 Å². The lowest BCUT2D eigenvalue weighted by Crippen LogP contribution is -2.45. The van der Waals surface area contributed by atoms with Gasteiger partial charge in [-0.2, -0.15) is 0 Å². The fourth-order valence-corrected chi connectivity index (χ4v) is 3.10. The van der Waals surface area contributed by atoms with Gasteiger partial charge >= 0.3 is 0 Å². The van der Waals surface area contributed by atoms with E-state index >= 15 is 0 Å². The van der Waals surface area contributed by atoms with Gasteiger partial charge < -0.3 is 14.6 Å². The van der Waals surface area contributed by atoms with Gasteiger partial charge in [-0.25, -0.2) is 0 Å². The van der Waals surface area contributed by atoms with Gasteiger partial charge in [0.1, 0.15) is 0 Å². The number of aromatic nitrogens is 1. The van der Waals surface area contributed by atoms with Crippen LogP contribution in [0, 0.1) is 0 Å². The van der Waals surface area contributed by atoms with E-state index in [0.29, 0.717) is 0 Å². The number of nitrogens with one attached hydrogen (secondary N) is 1. The highest BCUT2D eigenvalue weighted by Crippen LogP contribution is 2.25. The van der Waals surface area contributed by atoms with Crippen molar-refractivity contribution in [1.29, 1.82) is 0 Å². The second-order valence-corrected chi connectivity index (χ2v) is 5.89. The third kappa shape index (κ3) is 3.27. The fraction of sp³-hybridized carbons (Fsp3) is 0.500. The Hall–Kier alpha value is -1.21. The number of likely N-dealkylation sites (N-methyl/N-ethyl adjacent to an activating group) is 1. The van der Waals surface area contributed by atoms with Crippen LogP contribution in [0.25, 0.3) is 10.6 Å². The molecule has 3 rings (SSSR count). The minimum atomic E-state index is 0.261. The summed E-state index contributed by atoms with van der Waals surface area (Å²) in [5, 5.41) is 9.37. The molecule has 0 spiro atoms. The molecular weight excluding hydrogens is 274 g/mol. The lowest BCUT2D eigenvalue weighted by Gasteiger charge is -2.32. The third-order valence-electron chi connectivity index (χ3n) is 3.36. The summed E-state index contributed by atoms with van der Waals surface area (Å²) < 4.78 is 11.1. The van der Waals surface area contributed by atoms with Crippen LogP contribution < -0.4 is 5.32 Å². The van der Waals surface area contributed by atoms with Gasteiger partial charge in [0, 0.05) is 32.2 Å². The first kappa shape index (κ1) is 13.8. The minimum Gasteiger partial charge on any atom is -0.374 e. The van der Waals surface area contributed by atoms with Gasteiger partial charge in [0.05, 0.1) is 23.3 Å². The third-order valence-corrected chi connectivity index (χ3v) is 4.25. The molecule has 20 heavy (non-hydrogen) atoms. The van der Waals surface area contributed by atoms with Crippen molar-refractivity contribution in [3.8, 4) is 10.6 Å². The van der Waals surface area contributed by atoms with Crippen LogP contribution >= 0.6 is 11.3 Å². The molecule has 6 heteroatoms. The Morgan fingerprint density at radius 2 is 2.50 bits per heavy atom. The molecule has 1 atom stereocenters. The van der Waals surface area contributed by atoms with Crippen LogP contribution in [-0.4, -0.2) is 49.4 Å². The fourth-order valence-electron chi connectivity index (χ4n) is 2.43. The van der Waals surface area contributed by atoms with Crippen LogP contribution in [0.3, 0.4) is 0 Å². The van der Waals surface area contributed by atoms with E-state index in [1.165, 1.54) is 0 Å². The van der Waals surface area contributed by atoms with E-state index < -0.39 is 0 Å². The number of ether oxygens (including phenoxy) is 1. The van der Waals surface area contributed by atoms with Crippen molar-refractivity contribution in [2.24, 2.45) is 0 Å². The SMILES string of the molecule is CNCC1CN(Cc2cc(-c3cccs3)on2)CCO1. The maximum atomic E-state index is 5.70. The zero-order chi connectivity index (χ0) is 13.8. The molecule has 1 unspecified atom stereocenters. The molecular formula is C14H19N3O2S. The molecule has 0 aliphatic carbocycles. The van der Waals surface area contributed by atoms with Crippen LogP contribution in [-0.2, 0) is 11.3 Å². The van der Waals surface area contributed by atoms with E-state index in [2.05, 4.69) is 15.4 Å². The van der Waals surface area contributed by atoms with Crippen LogP contribution in [0.15, 0.2) is 28.1 Å². The lowest BCUT2D eigenvalue weighted by atomic mass is 10.2. The van der Waals surface area contributed by atoms with Crippen LogP contribution in [0.5, 0.6) is 0 Å². The second-order valence-electron chi connectivity index (χ2n) is 4.95. The van der Waals surface area contributed by atoms with Crippen LogP contribution in [0.4, 0.5) is 0 Å². The highest BCUT2D eigenvalue weighted by molar-refractivity contribution is 7.13. The second kappa shape index (κ2) is 6.49. The van der Waals surface area contributed by atoms with E-state index in [-0.39, 0.29) is 6.10 Å². The minimum absolute atomic E-state index is 0.261. The number of thiophene rings is 1. The summed E-state index contributed by atoms with van der Waals surface area (Å²) in [4.78, 5) is 3.49. The molecule has 1 aliphatic heterocycles. The van der Waals surface area contributed by atoms with E-state index in [1.54, 1.807) is 11.3 Å². The summed E-state index contributed by atoms with van der Waals surface area (Å²) in [7, 11) is 1.95. The summed E-state index contributed by atoms with van der Waals surface area (Å²) >= 11 is 1.67. The summed E-state index contributed by atoms with van der Waals surface area (Å²) in [5.74, 6) is 0.857. The van der Waals surface area contributed by atoms with Gasteiger partial charge in [0.25, 0.3) is 0 Å². The van der Waals surface area contributed by atoms with Crippen molar-refractivity contribution in [2.45, 2.75) is 12.6 Å². The molecule has 3 heterocycles. The van der Waals surface area contributed by atoms with Crippen molar-refractivity contribution in [1.82, 2.24) is 15.4 Å². The van der Waals surface area contributed by atoms with Crippen molar-refractivity contribution in [2.75, 3.05) is 33.3 Å². The highest BCUT2D eigenvalue weighted by Gasteiger charge is 2.21. The zero-order valence-electron chi connectivity index (χ0n) is 11.5. The number of nitrogens with zero attached hydrogens (tertiary/aromatic N) is 2. The lowest BCUT2D eigenvalue weighted by molar-refractivity contribution is -0.0297. The molecule has 2 aromatic heterocycles. The number of rotatable bonds is 5. The summed E-state index contributed by atoms with van der Waals surface area (Å²) in [6, 6.07) is 6.10. The van der Waals surface area contributed by atoms with E-state index in [1.807, 2.05) is 30.6 Å². The molecule has 5 nitrogen and oxygen atoms in total. The summed E-state index contributed by atoms with van der Waals surface area (Å²) in [6.07, 6.45) is 0.261. The first-order valence-electron chi connectivity index (χ1n) is 6.83. The molecule has 0 amide bonds. The maximum absolute atomic E-state index is 5.70. The molecule has 1 aliphatic rings. The van der Waals surface area contributed by atoms with Gasteiger partial charge in [-0.3, -0.25) is 4.90 Å². The zero-order valence-corrected chi connectivity index (χ0v) is 12.4. The van der Waals surface area contributed by atoms with Crippen molar-refractivity contribution < 1.29 is 9.26 Å². The predicted molar refractivity (Wildman–Crippen MR) is 78.8 cm³/mol. The van der Waals surface area contributed by atoms with Gasteiger partial charge in [-0.1, -0.05) is 11.2 Å². The Morgan fingerprint density at radius 1 is 1.55 bits per heavy atom. The molecule has 1 fully saturated rings. The van der Waals surface area contributed by atoms with Crippen molar-refractivity contribution in [3.05, 3.63) is 29.3 Å². The standard InChI is InChI=1S/C14H19N3O2S/c1-15-8-12-10-17(4-5-18-12)9-11-7-13(19-16-11)14-3-2-6-20-14/h2-3,6-7,12,15H,4-5,8-10H2,1H3. The topological polar surface area (TPSA) is 50.5 Å². The number of hydrogen-bond acceptors (Lipinski definition) is 6. The van der Waals surface area contributed by atoms with Gasteiger partial charge in [0.2, 0.25) is 0 Å². The monoisotopic (exact) mass is 293 g/mol. The first-order valence-corrected chi connectivity index (χ1v) is 7.71. The van der Waals surface area contributed by atoms with Crippen LogP contribution in [0.2, 0.25) is 0 Å². The molecule has 108 valence electrons. The molecule has 1 N–H and O–H groups in total. The number of hydrogen-bond donors (Lipinski definition) is 1. The average molecular weight is 293 g/mol. The Morgan fingerprint density at radius 3 is 3.30 bits per heavy atom. The molecule has 0 aromatic carbocycles. The largest absolute Gasteiger partial charge is 0.374 e. The van der Waals surface area contributed by atoms with Gasteiger partial charge in [0.15, 0.2) is 5.76 Å². The van der Waals surface area contributed by atoms with Gasteiger partial charge in [-0.05, 0) is 18.5 Å². The molecule has 0 radical (unpaired) electrons. The van der Waals surface area contributed by atoms with E-state index in [0.717, 1.165) is 49.1 Å². The molecule has 1 saturated heterocycles. The Labute approximate surface area is 122 Å². The summed E-state index contributed by atoms with van der Waals surface area (Å²) in [5.41, 5.74) is 0.985. The molecule has 2 aromatic rings. The quantitative estimate of drug-likeness (QED) is 0.911. The Kier molecular flexibility index (Phi) is 4.47. The Balaban J connectivity index is 1.60. The van der Waals surface area contributed by atoms with Crippen LogP contribution in [0.1, 0.15) is 5.69 Å².